The molecule has 0 amide bonds. The summed E-state index contributed by atoms with van der Waals surface area (Å²) in [5.41, 5.74) is 9.27. The van der Waals surface area contributed by atoms with Crippen LogP contribution in [0, 0.1) is 0 Å². The van der Waals surface area contributed by atoms with E-state index in [1.807, 2.05) is 0 Å². The Bertz CT molecular complexity index is 2020. The van der Waals surface area contributed by atoms with E-state index >= 15 is 0 Å². The number of hydrogen-bond donors (Lipinski definition) is 0. The fourth-order valence-corrected chi connectivity index (χ4v) is 6.68. The lowest BCUT2D eigenvalue weighted by Gasteiger charge is -2.23. The van der Waals surface area contributed by atoms with Crippen molar-refractivity contribution in [2.24, 2.45) is 0 Å². The highest BCUT2D eigenvalue weighted by Crippen LogP contribution is 2.52. The molecule has 0 radical (unpaired) electrons. The van der Waals surface area contributed by atoms with Gasteiger partial charge in [0.05, 0.1) is 11.0 Å². The van der Waals surface area contributed by atoms with Crippen LogP contribution in [-0.4, -0.2) is 4.57 Å². The predicted molar refractivity (Wildman–Crippen MR) is 153 cm³/mol. The second kappa shape index (κ2) is 6.86. The minimum absolute atomic E-state index is 0.0428. The number of hydrogen-bond acceptors (Lipinski definition) is 0. The highest BCUT2D eigenvalue weighted by Gasteiger charge is 2.36. The molecule has 6 aromatic carbocycles. The van der Waals surface area contributed by atoms with E-state index in [0.717, 1.165) is 0 Å². The number of para-hydroxylation sites is 1. The Morgan fingerprint density at radius 2 is 1.25 bits per heavy atom. The Labute approximate surface area is 210 Å². The van der Waals surface area contributed by atoms with Crippen LogP contribution in [0.3, 0.4) is 0 Å². The normalized spacial score (nSPS) is 14.1. The van der Waals surface area contributed by atoms with E-state index in [-0.39, 0.29) is 5.41 Å². The van der Waals surface area contributed by atoms with Crippen molar-refractivity contribution in [3.05, 3.63) is 126 Å². The van der Waals surface area contributed by atoms with Crippen LogP contribution in [0.4, 0.5) is 0 Å². The molecule has 1 heterocycles. The predicted octanol–water partition coefficient (Wildman–Crippen LogP) is 9.40. The second-order valence-electron chi connectivity index (χ2n) is 10.6. The van der Waals surface area contributed by atoms with Gasteiger partial charge in [0.25, 0.3) is 0 Å². The molecule has 0 unspecified atom stereocenters. The molecule has 1 aliphatic rings. The van der Waals surface area contributed by atoms with Crippen LogP contribution in [0.25, 0.3) is 60.2 Å². The van der Waals surface area contributed by atoms with Gasteiger partial charge in [0.2, 0.25) is 0 Å². The molecule has 1 aliphatic carbocycles. The maximum atomic E-state index is 2.45. The molecule has 0 saturated heterocycles. The van der Waals surface area contributed by atoms with Crippen molar-refractivity contribution in [3.63, 3.8) is 0 Å². The number of rotatable bonds is 1. The zero-order chi connectivity index (χ0) is 24.0. The molecule has 1 nitrogen and oxygen atoms in total. The highest BCUT2D eigenvalue weighted by atomic mass is 15.0. The van der Waals surface area contributed by atoms with Crippen molar-refractivity contribution < 1.29 is 0 Å². The molecule has 0 N–H and O–H groups in total. The van der Waals surface area contributed by atoms with Crippen molar-refractivity contribution in [3.8, 4) is 16.8 Å². The van der Waals surface area contributed by atoms with Crippen molar-refractivity contribution >= 4 is 43.4 Å². The summed E-state index contributed by atoms with van der Waals surface area (Å²) in [5, 5.41) is 7.80. The average Bonchev–Trinajstić information content (AvgIpc) is 3.36. The molecular weight excluding hydrogens is 434 g/mol. The van der Waals surface area contributed by atoms with Gasteiger partial charge in [-0.1, -0.05) is 98.8 Å². The van der Waals surface area contributed by atoms with E-state index in [4.69, 9.17) is 0 Å². The van der Waals surface area contributed by atoms with Gasteiger partial charge >= 0.3 is 0 Å². The van der Waals surface area contributed by atoms with Crippen molar-refractivity contribution in [1.82, 2.24) is 4.57 Å². The highest BCUT2D eigenvalue weighted by molar-refractivity contribution is 6.15. The Morgan fingerprint density at radius 3 is 2.17 bits per heavy atom. The Balaban J connectivity index is 1.51. The van der Waals surface area contributed by atoms with Crippen molar-refractivity contribution in [2.75, 3.05) is 0 Å². The van der Waals surface area contributed by atoms with Crippen LogP contribution in [0.15, 0.2) is 115 Å². The van der Waals surface area contributed by atoms with Gasteiger partial charge in [-0.25, -0.2) is 0 Å². The smallest absolute Gasteiger partial charge is 0.0547 e. The van der Waals surface area contributed by atoms with Crippen LogP contribution in [0.1, 0.15) is 25.0 Å². The maximum absolute atomic E-state index is 2.45. The number of nitrogens with zero attached hydrogens (tertiary/aromatic N) is 1. The summed E-state index contributed by atoms with van der Waals surface area (Å²) in [6, 6.07) is 42.6. The molecule has 0 spiro atoms. The van der Waals surface area contributed by atoms with Gasteiger partial charge in [0.15, 0.2) is 0 Å². The minimum Gasteiger partial charge on any atom is -0.309 e. The minimum atomic E-state index is -0.0428. The van der Waals surface area contributed by atoms with Gasteiger partial charge in [-0.2, -0.15) is 0 Å². The van der Waals surface area contributed by atoms with E-state index in [0.29, 0.717) is 0 Å². The van der Waals surface area contributed by atoms with E-state index < -0.39 is 0 Å². The van der Waals surface area contributed by atoms with Crippen LogP contribution >= 0.6 is 0 Å². The summed E-state index contributed by atoms with van der Waals surface area (Å²) in [4.78, 5) is 0. The number of aromatic nitrogens is 1. The summed E-state index contributed by atoms with van der Waals surface area (Å²) < 4.78 is 2.45. The van der Waals surface area contributed by atoms with Gasteiger partial charge in [0.1, 0.15) is 0 Å². The van der Waals surface area contributed by atoms with Gasteiger partial charge in [-0.05, 0) is 74.1 Å². The molecule has 36 heavy (non-hydrogen) atoms. The van der Waals surface area contributed by atoms with Crippen LogP contribution < -0.4 is 0 Å². The molecule has 170 valence electrons. The molecule has 0 atom stereocenters. The summed E-state index contributed by atoms with van der Waals surface area (Å²) in [7, 11) is 0. The van der Waals surface area contributed by atoms with Crippen molar-refractivity contribution in [1.29, 1.82) is 0 Å². The third kappa shape index (κ3) is 2.50. The first kappa shape index (κ1) is 19.9. The zero-order valence-electron chi connectivity index (χ0n) is 20.4. The van der Waals surface area contributed by atoms with Crippen LogP contribution in [0.2, 0.25) is 0 Å². The van der Waals surface area contributed by atoms with Gasteiger partial charge in [-0.15, -0.1) is 0 Å². The summed E-state index contributed by atoms with van der Waals surface area (Å²) in [6.07, 6.45) is 0. The largest absolute Gasteiger partial charge is 0.309 e. The Morgan fingerprint density at radius 1 is 0.500 bits per heavy atom. The average molecular weight is 460 g/mol. The Hall–Kier alpha value is -4.36. The lowest BCUT2D eigenvalue weighted by Crippen LogP contribution is -2.15. The van der Waals surface area contributed by atoms with Crippen LogP contribution in [-0.2, 0) is 5.41 Å². The van der Waals surface area contributed by atoms with E-state index in [1.54, 1.807) is 0 Å². The molecule has 0 fully saturated rings. The fraction of sp³-hybridized carbons (Fsp3) is 0.0857. The summed E-state index contributed by atoms with van der Waals surface area (Å²) >= 11 is 0. The van der Waals surface area contributed by atoms with Gasteiger partial charge in [0, 0.05) is 21.9 Å². The van der Waals surface area contributed by atoms with E-state index in [2.05, 4.69) is 134 Å². The molecule has 1 aromatic heterocycles. The third-order valence-electron chi connectivity index (χ3n) is 8.32. The van der Waals surface area contributed by atoms with Crippen molar-refractivity contribution in [2.45, 2.75) is 19.3 Å². The molecular formula is C35H25N. The zero-order valence-corrected chi connectivity index (χ0v) is 20.4. The monoisotopic (exact) mass is 459 g/mol. The van der Waals surface area contributed by atoms with E-state index in [9.17, 15) is 0 Å². The lowest BCUT2D eigenvalue weighted by molar-refractivity contribution is 0.666. The standard InChI is InChI=1S/C35H25N/c1-35(2)31-13-7-5-11-26(31)28-18-16-24-20-30-27-12-6-8-14-32(27)36(33(30)21-29(24)34(28)35)25-17-15-22-9-3-4-10-23(22)19-25/h3-21H,1-2H3. The molecule has 7 aromatic rings. The number of benzene rings is 6. The SMILES string of the molecule is CC1(C)c2ccccc2-c2ccc3cc4c5ccccc5n(-c5ccc6ccccc6c5)c4cc3c21. The molecule has 1 heteroatoms. The maximum Gasteiger partial charge on any atom is 0.0547 e. The third-order valence-corrected chi connectivity index (χ3v) is 8.32. The van der Waals surface area contributed by atoms with Gasteiger partial charge in [-0.3, -0.25) is 0 Å². The quantitative estimate of drug-likeness (QED) is 0.230. The second-order valence-corrected chi connectivity index (χ2v) is 10.6. The lowest BCUT2D eigenvalue weighted by atomic mass is 9.80. The first-order valence-corrected chi connectivity index (χ1v) is 12.7. The molecule has 0 bridgehead atoms. The molecule has 8 rings (SSSR count). The molecule has 0 aliphatic heterocycles. The molecule has 0 saturated carbocycles. The first-order chi connectivity index (χ1) is 17.6. The summed E-state index contributed by atoms with van der Waals surface area (Å²) in [6.45, 7) is 4.75. The Kier molecular flexibility index (Phi) is 3.79. The topological polar surface area (TPSA) is 4.93 Å². The van der Waals surface area contributed by atoms with Gasteiger partial charge < -0.3 is 4.57 Å². The van der Waals surface area contributed by atoms with E-state index in [1.165, 1.54) is 71.3 Å². The first-order valence-electron chi connectivity index (χ1n) is 12.7. The number of fused-ring (bicyclic) bond motifs is 9. The summed E-state index contributed by atoms with van der Waals surface area (Å²) in [5.74, 6) is 0. The fourth-order valence-electron chi connectivity index (χ4n) is 6.68. The van der Waals surface area contributed by atoms with Crippen LogP contribution in [0.5, 0.6) is 0 Å².